The average molecular weight is 282 g/mol. The van der Waals surface area contributed by atoms with Crippen molar-refractivity contribution in [2.75, 3.05) is 7.11 Å². The number of carbonyl (C=O) groups is 1. The van der Waals surface area contributed by atoms with E-state index in [9.17, 15) is 4.79 Å². The molecule has 0 saturated carbocycles. The van der Waals surface area contributed by atoms with Crippen LogP contribution in [-0.4, -0.2) is 17.9 Å². The van der Waals surface area contributed by atoms with Gasteiger partial charge in [0.2, 0.25) is 5.78 Å². The van der Waals surface area contributed by atoms with Crippen LogP contribution in [-0.2, 0) is 0 Å². The molecule has 0 unspecified atom stereocenters. The minimum absolute atomic E-state index is 0.258. The highest BCUT2D eigenvalue weighted by molar-refractivity contribution is 6.31. The van der Waals surface area contributed by atoms with Gasteiger partial charge in [-0.2, -0.15) is 0 Å². The minimum Gasteiger partial charge on any atom is -0.496 e. The minimum atomic E-state index is -0.258. The number of halogens is 2. The number of pyridine rings is 1. The van der Waals surface area contributed by atoms with Crippen molar-refractivity contribution in [1.82, 2.24) is 4.98 Å². The lowest BCUT2D eigenvalue weighted by Crippen LogP contribution is -2.05. The second-order valence-corrected chi connectivity index (χ2v) is 4.41. The van der Waals surface area contributed by atoms with Crippen molar-refractivity contribution in [3.8, 4) is 5.75 Å². The highest BCUT2D eigenvalue weighted by Gasteiger charge is 2.16. The largest absolute Gasteiger partial charge is 0.496 e. The van der Waals surface area contributed by atoms with Gasteiger partial charge in [-0.15, -0.1) is 0 Å². The summed E-state index contributed by atoms with van der Waals surface area (Å²) in [5, 5.41) is 0.942. The number of nitrogens with zero attached hydrogens (tertiary/aromatic N) is 1. The summed E-state index contributed by atoms with van der Waals surface area (Å²) in [7, 11) is 1.50. The summed E-state index contributed by atoms with van der Waals surface area (Å²) in [6.07, 6.45) is 1.42. The van der Waals surface area contributed by atoms with Crippen LogP contribution in [0.3, 0.4) is 0 Å². The number of methoxy groups -OCH3 is 1. The van der Waals surface area contributed by atoms with E-state index in [1.165, 1.54) is 13.3 Å². The fraction of sp³-hybridized carbons (Fsp3) is 0.0769. The predicted molar refractivity (Wildman–Crippen MR) is 70.7 cm³/mol. The Bertz CT molecular complexity index is 582. The van der Waals surface area contributed by atoms with Crippen LogP contribution in [0, 0.1) is 0 Å². The summed E-state index contributed by atoms with van der Waals surface area (Å²) in [4.78, 5) is 16.2. The first-order chi connectivity index (χ1) is 8.61. The van der Waals surface area contributed by atoms with E-state index in [1.54, 1.807) is 30.3 Å². The molecule has 5 heteroatoms. The van der Waals surface area contributed by atoms with Crippen molar-refractivity contribution in [1.29, 1.82) is 0 Å². The third-order valence-electron chi connectivity index (χ3n) is 2.37. The summed E-state index contributed by atoms with van der Waals surface area (Å²) in [6.45, 7) is 0. The average Bonchev–Trinajstić information content (AvgIpc) is 2.39. The van der Waals surface area contributed by atoms with Crippen LogP contribution in [0.25, 0.3) is 0 Å². The zero-order chi connectivity index (χ0) is 13.1. The molecule has 0 aliphatic rings. The van der Waals surface area contributed by atoms with Gasteiger partial charge in [0, 0.05) is 11.2 Å². The first-order valence-corrected chi connectivity index (χ1v) is 5.87. The van der Waals surface area contributed by atoms with Crippen molar-refractivity contribution in [2.45, 2.75) is 0 Å². The fourth-order valence-electron chi connectivity index (χ4n) is 1.51. The molecule has 1 heterocycles. The second kappa shape index (κ2) is 5.38. The lowest BCUT2D eigenvalue weighted by atomic mass is 10.1. The van der Waals surface area contributed by atoms with Crippen LogP contribution in [0.15, 0.2) is 36.5 Å². The zero-order valence-electron chi connectivity index (χ0n) is 9.48. The molecule has 1 aromatic heterocycles. The van der Waals surface area contributed by atoms with Gasteiger partial charge < -0.3 is 4.74 Å². The topological polar surface area (TPSA) is 39.2 Å². The van der Waals surface area contributed by atoms with E-state index < -0.39 is 0 Å². The molecule has 2 aromatic rings. The maximum atomic E-state index is 12.2. The van der Waals surface area contributed by atoms with Crippen LogP contribution in [0.2, 0.25) is 10.0 Å². The molecular formula is C13H9Cl2NO2. The molecule has 92 valence electrons. The Morgan fingerprint density at radius 1 is 1.17 bits per heavy atom. The van der Waals surface area contributed by atoms with Gasteiger partial charge in [0.1, 0.15) is 11.4 Å². The molecule has 0 aliphatic heterocycles. The molecule has 0 radical (unpaired) electrons. The maximum Gasteiger partial charge on any atom is 0.215 e. The van der Waals surface area contributed by atoms with Gasteiger partial charge in [0.25, 0.3) is 0 Å². The standard InChI is InChI=1S/C13H9Cl2NO2/c1-18-12-5-3-8(14)6-10(12)13(17)11-4-2-9(15)7-16-11/h2-7H,1H3. The molecular weight excluding hydrogens is 273 g/mol. The SMILES string of the molecule is COc1ccc(Cl)cc1C(=O)c1ccc(Cl)cn1. The van der Waals surface area contributed by atoms with E-state index in [0.29, 0.717) is 27.1 Å². The number of carbonyl (C=O) groups excluding carboxylic acids is 1. The molecule has 0 atom stereocenters. The predicted octanol–water partition coefficient (Wildman–Crippen LogP) is 3.63. The summed E-state index contributed by atoms with van der Waals surface area (Å²) in [5.41, 5.74) is 0.666. The molecule has 18 heavy (non-hydrogen) atoms. The molecule has 3 nitrogen and oxygen atoms in total. The molecule has 0 fully saturated rings. The van der Waals surface area contributed by atoms with Gasteiger partial charge in [0.15, 0.2) is 0 Å². The summed E-state index contributed by atoms with van der Waals surface area (Å²) < 4.78 is 5.13. The number of hydrogen-bond acceptors (Lipinski definition) is 3. The maximum absolute atomic E-state index is 12.2. The molecule has 0 spiro atoms. The monoisotopic (exact) mass is 281 g/mol. The van der Waals surface area contributed by atoms with Gasteiger partial charge in [-0.3, -0.25) is 9.78 Å². The molecule has 0 N–H and O–H groups in total. The van der Waals surface area contributed by atoms with Crippen molar-refractivity contribution in [3.63, 3.8) is 0 Å². The Hall–Kier alpha value is -1.58. The fourth-order valence-corrected chi connectivity index (χ4v) is 1.79. The third-order valence-corrected chi connectivity index (χ3v) is 2.82. The summed E-state index contributed by atoms with van der Waals surface area (Å²) in [5.74, 6) is 0.201. The van der Waals surface area contributed by atoms with E-state index in [-0.39, 0.29) is 5.78 Å². The Morgan fingerprint density at radius 3 is 2.50 bits per heavy atom. The molecule has 2 rings (SSSR count). The van der Waals surface area contributed by atoms with Crippen molar-refractivity contribution < 1.29 is 9.53 Å². The Morgan fingerprint density at radius 2 is 1.89 bits per heavy atom. The normalized spacial score (nSPS) is 10.2. The first-order valence-electron chi connectivity index (χ1n) is 5.11. The Kier molecular flexibility index (Phi) is 3.84. The zero-order valence-corrected chi connectivity index (χ0v) is 11.0. The molecule has 0 amide bonds. The van der Waals surface area contributed by atoms with Crippen LogP contribution in [0.1, 0.15) is 16.1 Å². The van der Waals surface area contributed by atoms with Crippen LogP contribution >= 0.6 is 23.2 Å². The highest BCUT2D eigenvalue weighted by atomic mass is 35.5. The van der Waals surface area contributed by atoms with E-state index in [0.717, 1.165) is 0 Å². The van der Waals surface area contributed by atoms with E-state index in [1.807, 2.05) is 0 Å². The van der Waals surface area contributed by atoms with Crippen molar-refractivity contribution >= 4 is 29.0 Å². The number of ketones is 1. The summed E-state index contributed by atoms with van der Waals surface area (Å²) in [6, 6.07) is 8.03. The second-order valence-electron chi connectivity index (χ2n) is 3.54. The van der Waals surface area contributed by atoms with Crippen LogP contribution in [0.5, 0.6) is 5.75 Å². The lowest BCUT2D eigenvalue weighted by Gasteiger charge is -2.07. The molecule has 0 aliphatic carbocycles. The lowest BCUT2D eigenvalue weighted by molar-refractivity contribution is 0.103. The number of rotatable bonds is 3. The Balaban J connectivity index is 2.45. The van der Waals surface area contributed by atoms with E-state index in [2.05, 4.69) is 4.98 Å². The smallest absolute Gasteiger partial charge is 0.215 e. The number of benzene rings is 1. The Labute approximate surface area is 114 Å². The van der Waals surface area contributed by atoms with Crippen molar-refractivity contribution in [3.05, 3.63) is 57.8 Å². The van der Waals surface area contributed by atoms with Crippen LogP contribution < -0.4 is 4.74 Å². The van der Waals surface area contributed by atoms with Gasteiger partial charge in [-0.1, -0.05) is 23.2 Å². The number of hydrogen-bond donors (Lipinski definition) is 0. The summed E-state index contributed by atoms with van der Waals surface area (Å²) >= 11 is 11.6. The molecule has 0 saturated heterocycles. The number of ether oxygens (including phenoxy) is 1. The van der Waals surface area contributed by atoms with Crippen molar-refractivity contribution in [2.24, 2.45) is 0 Å². The highest BCUT2D eigenvalue weighted by Crippen LogP contribution is 2.25. The first kappa shape index (κ1) is 12.9. The molecule has 0 bridgehead atoms. The molecule has 1 aromatic carbocycles. The van der Waals surface area contributed by atoms with Gasteiger partial charge >= 0.3 is 0 Å². The van der Waals surface area contributed by atoms with E-state index in [4.69, 9.17) is 27.9 Å². The van der Waals surface area contributed by atoms with Gasteiger partial charge in [-0.25, -0.2) is 0 Å². The quantitative estimate of drug-likeness (QED) is 0.807. The third kappa shape index (κ3) is 2.63. The number of aromatic nitrogens is 1. The van der Waals surface area contributed by atoms with E-state index >= 15 is 0 Å². The van der Waals surface area contributed by atoms with Gasteiger partial charge in [-0.05, 0) is 30.3 Å². The van der Waals surface area contributed by atoms with Gasteiger partial charge in [0.05, 0.1) is 17.7 Å². The van der Waals surface area contributed by atoms with Crippen LogP contribution in [0.4, 0.5) is 0 Å².